The SMILES string of the molecule is CCCCCCCCNc1cc(C)nc2ccccc12. The Labute approximate surface area is 122 Å². The summed E-state index contributed by atoms with van der Waals surface area (Å²) in [6.07, 6.45) is 8.02. The fourth-order valence-corrected chi connectivity index (χ4v) is 2.58. The Bertz CT molecular complexity index is 534. The highest BCUT2D eigenvalue weighted by Crippen LogP contribution is 2.22. The molecule has 0 spiro atoms. The number of aryl methyl sites for hydroxylation is 1. The smallest absolute Gasteiger partial charge is 0.0725 e. The van der Waals surface area contributed by atoms with Crippen LogP contribution in [0.2, 0.25) is 0 Å². The normalized spacial score (nSPS) is 10.9. The van der Waals surface area contributed by atoms with Gasteiger partial charge in [0.1, 0.15) is 0 Å². The first-order valence-corrected chi connectivity index (χ1v) is 7.91. The molecule has 2 rings (SSSR count). The molecule has 0 aliphatic carbocycles. The van der Waals surface area contributed by atoms with Crippen molar-refractivity contribution in [2.45, 2.75) is 52.4 Å². The lowest BCUT2D eigenvalue weighted by atomic mass is 10.1. The van der Waals surface area contributed by atoms with Gasteiger partial charge in [-0.15, -0.1) is 0 Å². The molecule has 2 aromatic rings. The van der Waals surface area contributed by atoms with Gasteiger partial charge in [-0.25, -0.2) is 0 Å². The van der Waals surface area contributed by atoms with E-state index in [9.17, 15) is 0 Å². The zero-order valence-electron chi connectivity index (χ0n) is 12.8. The van der Waals surface area contributed by atoms with Crippen molar-refractivity contribution in [3.8, 4) is 0 Å². The zero-order chi connectivity index (χ0) is 14.2. The molecule has 1 N–H and O–H groups in total. The molecule has 1 heterocycles. The molecule has 1 aromatic heterocycles. The summed E-state index contributed by atoms with van der Waals surface area (Å²) < 4.78 is 0. The van der Waals surface area contributed by atoms with E-state index in [2.05, 4.69) is 48.4 Å². The van der Waals surface area contributed by atoms with Gasteiger partial charge in [0.15, 0.2) is 0 Å². The summed E-state index contributed by atoms with van der Waals surface area (Å²) >= 11 is 0. The number of benzene rings is 1. The Hall–Kier alpha value is -1.57. The summed E-state index contributed by atoms with van der Waals surface area (Å²) in [5.74, 6) is 0. The summed E-state index contributed by atoms with van der Waals surface area (Å²) in [4.78, 5) is 4.57. The van der Waals surface area contributed by atoms with Crippen LogP contribution in [0.5, 0.6) is 0 Å². The summed E-state index contributed by atoms with van der Waals surface area (Å²) in [5.41, 5.74) is 3.38. The number of aromatic nitrogens is 1. The first kappa shape index (κ1) is 14.8. The molecule has 1 aromatic carbocycles. The van der Waals surface area contributed by atoms with Gasteiger partial charge in [0, 0.05) is 23.3 Å². The van der Waals surface area contributed by atoms with Crippen molar-refractivity contribution in [2.24, 2.45) is 0 Å². The van der Waals surface area contributed by atoms with Crippen LogP contribution in [-0.4, -0.2) is 11.5 Å². The number of hydrogen-bond donors (Lipinski definition) is 1. The Morgan fingerprint density at radius 3 is 2.60 bits per heavy atom. The number of pyridine rings is 1. The van der Waals surface area contributed by atoms with Crippen molar-refractivity contribution < 1.29 is 0 Å². The van der Waals surface area contributed by atoms with E-state index in [0.717, 1.165) is 17.8 Å². The lowest BCUT2D eigenvalue weighted by Crippen LogP contribution is -2.03. The number of anilines is 1. The van der Waals surface area contributed by atoms with Gasteiger partial charge in [0.25, 0.3) is 0 Å². The fourth-order valence-electron chi connectivity index (χ4n) is 2.58. The quantitative estimate of drug-likeness (QED) is 0.657. The zero-order valence-corrected chi connectivity index (χ0v) is 12.8. The summed E-state index contributed by atoms with van der Waals surface area (Å²) in [6.45, 7) is 5.38. The molecule has 0 aliphatic rings. The van der Waals surface area contributed by atoms with Crippen molar-refractivity contribution in [1.29, 1.82) is 0 Å². The van der Waals surface area contributed by atoms with E-state index in [-0.39, 0.29) is 0 Å². The molecule has 108 valence electrons. The summed E-state index contributed by atoms with van der Waals surface area (Å²) in [6, 6.07) is 10.5. The van der Waals surface area contributed by atoms with E-state index in [1.165, 1.54) is 49.6 Å². The van der Waals surface area contributed by atoms with Crippen molar-refractivity contribution in [3.05, 3.63) is 36.0 Å². The molecule has 20 heavy (non-hydrogen) atoms. The van der Waals surface area contributed by atoms with Crippen LogP contribution < -0.4 is 5.32 Å². The van der Waals surface area contributed by atoms with Gasteiger partial charge in [0.2, 0.25) is 0 Å². The van der Waals surface area contributed by atoms with Crippen LogP contribution >= 0.6 is 0 Å². The van der Waals surface area contributed by atoms with Gasteiger partial charge in [-0.05, 0) is 25.5 Å². The van der Waals surface area contributed by atoms with E-state index >= 15 is 0 Å². The van der Waals surface area contributed by atoms with Crippen LogP contribution in [0.4, 0.5) is 5.69 Å². The van der Waals surface area contributed by atoms with Gasteiger partial charge in [-0.2, -0.15) is 0 Å². The molecule has 0 saturated heterocycles. The first-order valence-electron chi connectivity index (χ1n) is 7.91. The molecule has 0 amide bonds. The molecular formula is C18H26N2. The van der Waals surface area contributed by atoms with Crippen LogP contribution in [0.1, 0.15) is 51.1 Å². The number of para-hydroxylation sites is 1. The largest absolute Gasteiger partial charge is 0.384 e. The minimum absolute atomic E-state index is 1.06. The molecule has 0 saturated carbocycles. The first-order chi connectivity index (χ1) is 9.81. The second kappa shape index (κ2) is 7.88. The van der Waals surface area contributed by atoms with Crippen LogP contribution in [0.25, 0.3) is 10.9 Å². The van der Waals surface area contributed by atoms with Crippen LogP contribution in [0.15, 0.2) is 30.3 Å². The number of rotatable bonds is 8. The third kappa shape index (κ3) is 4.22. The number of fused-ring (bicyclic) bond motifs is 1. The van der Waals surface area contributed by atoms with Gasteiger partial charge in [-0.3, -0.25) is 4.98 Å². The van der Waals surface area contributed by atoms with E-state index in [1.807, 2.05) is 6.07 Å². The van der Waals surface area contributed by atoms with Crippen molar-refractivity contribution >= 4 is 16.6 Å². The fraction of sp³-hybridized carbons (Fsp3) is 0.500. The number of nitrogens with zero attached hydrogens (tertiary/aromatic N) is 1. The van der Waals surface area contributed by atoms with Gasteiger partial charge in [0.05, 0.1) is 5.52 Å². The minimum atomic E-state index is 1.06. The maximum absolute atomic E-state index is 4.57. The molecule has 0 fully saturated rings. The van der Waals surface area contributed by atoms with E-state index < -0.39 is 0 Å². The van der Waals surface area contributed by atoms with Crippen molar-refractivity contribution in [3.63, 3.8) is 0 Å². The maximum atomic E-state index is 4.57. The van der Waals surface area contributed by atoms with Crippen LogP contribution in [-0.2, 0) is 0 Å². The Morgan fingerprint density at radius 2 is 1.75 bits per heavy atom. The van der Waals surface area contributed by atoms with Gasteiger partial charge in [-0.1, -0.05) is 57.2 Å². The highest BCUT2D eigenvalue weighted by Gasteiger charge is 2.02. The molecule has 0 atom stereocenters. The van der Waals surface area contributed by atoms with E-state index in [1.54, 1.807) is 0 Å². The molecule has 2 nitrogen and oxygen atoms in total. The van der Waals surface area contributed by atoms with Crippen LogP contribution in [0.3, 0.4) is 0 Å². The minimum Gasteiger partial charge on any atom is -0.384 e. The van der Waals surface area contributed by atoms with Gasteiger partial charge < -0.3 is 5.32 Å². The molecule has 0 radical (unpaired) electrons. The third-order valence-corrected chi connectivity index (χ3v) is 3.69. The second-order valence-electron chi connectivity index (χ2n) is 5.52. The summed E-state index contributed by atoms with van der Waals surface area (Å²) in [7, 11) is 0. The highest BCUT2D eigenvalue weighted by atomic mass is 14.9. The van der Waals surface area contributed by atoms with Gasteiger partial charge >= 0.3 is 0 Å². The molecular weight excluding hydrogens is 244 g/mol. The molecule has 0 unspecified atom stereocenters. The predicted octanol–water partition coefficient (Wildman–Crippen LogP) is 5.32. The predicted molar refractivity (Wildman–Crippen MR) is 88.3 cm³/mol. The standard InChI is InChI=1S/C18H26N2/c1-3-4-5-6-7-10-13-19-18-14-15(2)20-17-12-9-8-11-16(17)18/h8-9,11-12,14H,3-7,10,13H2,1-2H3,(H,19,20). The Morgan fingerprint density at radius 1 is 1.00 bits per heavy atom. The van der Waals surface area contributed by atoms with Crippen LogP contribution in [0, 0.1) is 6.92 Å². The van der Waals surface area contributed by atoms with Crippen molar-refractivity contribution in [1.82, 2.24) is 4.98 Å². The third-order valence-electron chi connectivity index (χ3n) is 3.69. The lowest BCUT2D eigenvalue weighted by Gasteiger charge is -2.10. The Balaban J connectivity index is 1.86. The van der Waals surface area contributed by atoms with E-state index in [4.69, 9.17) is 0 Å². The molecule has 0 aliphatic heterocycles. The summed E-state index contributed by atoms with van der Waals surface area (Å²) in [5, 5.41) is 4.81. The number of nitrogens with one attached hydrogen (secondary N) is 1. The maximum Gasteiger partial charge on any atom is 0.0725 e. The number of unbranched alkanes of at least 4 members (excludes halogenated alkanes) is 5. The van der Waals surface area contributed by atoms with E-state index in [0.29, 0.717) is 0 Å². The average Bonchev–Trinajstić information content (AvgIpc) is 2.46. The topological polar surface area (TPSA) is 24.9 Å². The number of hydrogen-bond acceptors (Lipinski definition) is 2. The average molecular weight is 270 g/mol. The Kier molecular flexibility index (Phi) is 5.85. The molecule has 0 bridgehead atoms. The lowest BCUT2D eigenvalue weighted by molar-refractivity contribution is 0.617. The van der Waals surface area contributed by atoms with Crippen molar-refractivity contribution in [2.75, 3.05) is 11.9 Å². The second-order valence-corrected chi connectivity index (χ2v) is 5.52. The monoisotopic (exact) mass is 270 g/mol. The highest BCUT2D eigenvalue weighted by molar-refractivity contribution is 5.91. The molecule has 2 heteroatoms.